The van der Waals surface area contributed by atoms with Gasteiger partial charge in [0.2, 0.25) is 0 Å². The van der Waals surface area contributed by atoms with E-state index >= 15 is 0 Å². The molecule has 22 heavy (non-hydrogen) atoms. The van der Waals surface area contributed by atoms with Crippen LogP contribution in [0.1, 0.15) is 33.6 Å². The molecule has 0 spiro atoms. The largest absolute Gasteiger partial charge is 0.394 e. The third-order valence-corrected chi connectivity index (χ3v) is 3.65. The molecule has 6 heteroatoms. The van der Waals surface area contributed by atoms with Gasteiger partial charge in [-0.2, -0.15) is 0 Å². The number of allylic oxidation sites excluding steroid dienone is 3. The SMILES string of the molecule is CC(C)=CCC/C(C)=C/CO[C@@H]1[C@@H](O)[C@@H](O)[C@@H](CO)O[C@H]1O. The maximum absolute atomic E-state index is 9.92. The number of aliphatic hydroxyl groups is 4. The molecular weight excluding hydrogens is 288 g/mol. The molecule has 1 rings (SSSR count). The van der Waals surface area contributed by atoms with Gasteiger partial charge in [0.25, 0.3) is 0 Å². The molecule has 128 valence electrons. The van der Waals surface area contributed by atoms with Gasteiger partial charge in [-0.3, -0.25) is 0 Å². The third kappa shape index (κ3) is 5.79. The van der Waals surface area contributed by atoms with Crippen LogP contribution in [0.15, 0.2) is 23.3 Å². The highest BCUT2D eigenvalue weighted by molar-refractivity contribution is 5.02. The number of rotatable bonds is 7. The van der Waals surface area contributed by atoms with Gasteiger partial charge < -0.3 is 29.9 Å². The molecule has 0 aliphatic carbocycles. The second-order valence-electron chi connectivity index (χ2n) is 5.90. The average Bonchev–Trinajstić information content (AvgIpc) is 2.46. The zero-order valence-electron chi connectivity index (χ0n) is 13.5. The predicted octanol–water partition coefficient (Wildman–Crippen LogP) is 0.496. The molecule has 0 aromatic rings. The molecule has 0 amide bonds. The van der Waals surface area contributed by atoms with E-state index in [4.69, 9.17) is 14.6 Å². The van der Waals surface area contributed by atoms with E-state index in [0.717, 1.165) is 18.4 Å². The van der Waals surface area contributed by atoms with Crippen molar-refractivity contribution in [2.45, 2.75) is 64.3 Å². The molecule has 0 saturated carbocycles. The van der Waals surface area contributed by atoms with Gasteiger partial charge in [-0.25, -0.2) is 0 Å². The standard InChI is InChI=1S/C16H28O6/c1-10(2)5-4-6-11(3)7-8-21-15-14(19)13(18)12(9-17)22-16(15)20/h5,7,12-20H,4,6,8-9H2,1-3H3/b11-7+/t12-,13+,14+,15-,16-/m1/s1. The van der Waals surface area contributed by atoms with Gasteiger partial charge in [0, 0.05) is 0 Å². The lowest BCUT2D eigenvalue weighted by Crippen LogP contribution is -2.59. The Bertz CT molecular complexity index is 388. The van der Waals surface area contributed by atoms with Crippen molar-refractivity contribution >= 4 is 0 Å². The Morgan fingerprint density at radius 1 is 1.09 bits per heavy atom. The average molecular weight is 316 g/mol. The highest BCUT2D eigenvalue weighted by atomic mass is 16.7. The minimum Gasteiger partial charge on any atom is -0.394 e. The monoisotopic (exact) mass is 316 g/mol. The molecule has 1 heterocycles. The molecule has 6 nitrogen and oxygen atoms in total. The summed E-state index contributed by atoms with van der Waals surface area (Å²) in [5, 5.41) is 38.4. The highest BCUT2D eigenvalue weighted by Gasteiger charge is 2.44. The molecule has 0 aromatic heterocycles. The van der Waals surface area contributed by atoms with Crippen LogP contribution in [0, 0.1) is 0 Å². The summed E-state index contributed by atoms with van der Waals surface area (Å²) in [5.41, 5.74) is 2.43. The van der Waals surface area contributed by atoms with Crippen LogP contribution in [0.5, 0.6) is 0 Å². The van der Waals surface area contributed by atoms with Gasteiger partial charge in [-0.1, -0.05) is 23.3 Å². The van der Waals surface area contributed by atoms with Crippen molar-refractivity contribution in [1.29, 1.82) is 0 Å². The number of aliphatic hydroxyl groups excluding tert-OH is 4. The smallest absolute Gasteiger partial charge is 0.184 e. The molecule has 0 aromatic carbocycles. The second kappa shape index (κ2) is 9.39. The van der Waals surface area contributed by atoms with Crippen molar-refractivity contribution in [3.63, 3.8) is 0 Å². The van der Waals surface area contributed by atoms with Crippen LogP contribution in [0.25, 0.3) is 0 Å². The molecule has 4 N–H and O–H groups in total. The molecule has 1 fully saturated rings. The molecule has 1 aliphatic heterocycles. The Kier molecular flexibility index (Phi) is 8.24. The van der Waals surface area contributed by atoms with Gasteiger partial charge in [0.05, 0.1) is 13.2 Å². The quantitative estimate of drug-likeness (QED) is 0.510. The number of hydrogen-bond acceptors (Lipinski definition) is 6. The summed E-state index contributed by atoms with van der Waals surface area (Å²) in [4.78, 5) is 0. The lowest BCUT2D eigenvalue weighted by atomic mass is 9.99. The Hall–Kier alpha value is -0.760. The van der Waals surface area contributed by atoms with Gasteiger partial charge >= 0.3 is 0 Å². The van der Waals surface area contributed by atoms with E-state index in [1.807, 2.05) is 13.0 Å². The van der Waals surface area contributed by atoms with Crippen LogP contribution in [0.4, 0.5) is 0 Å². The fourth-order valence-electron chi connectivity index (χ4n) is 2.24. The Morgan fingerprint density at radius 2 is 1.77 bits per heavy atom. The first-order valence-electron chi connectivity index (χ1n) is 7.58. The van der Waals surface area contributed by atoms with Crippen LogP contribution in [-0.4, -0.2) is 64.3 Å². The van der Waals surface area contributed by atoms with Crippen LogP contribution in [-0.2, 0) is 9.47 Å². The zero-order valence-corrected chi connectivity index (χ0v) is 13.5. The summed E-state index contributed by atoms with van der Waals surface area (Å²) in [5.74, 6) is 0. The Morgan fingerprint density at radius 3 is 2.36 bits per heavy atom. The van der Waals surface area contributed by atoms with E-state index in [1.54, 1.807) is 0 Å². The Labute approximate surface area is 131 Å². The zero-order chi connectivity index (χ0) is 16.7. The summed E-state index contributed by atoms with van der Waals surface area (Å²) >= 11 is 0. The normalized spacial score (nSPS) is 32.9. The third-order valence-electron chi connectivity index (χ3n) is 3.65. The lowest BCUT2D eigenvalue weighted by Gasteiger charge is -2.39. The summed E-state index contributed by atoms with van der Waals surface area (Å²) in [6.07, 6.45) is -0.119. The summed E-state index contributed by atoms with van der Waals surface area (Å²) < 4.78 is 10.4. The van der Waals surface area contributed by atoms with Crippen LogP contribution in [0.3, 0.4) is 0 Å². The second-order valence-corrected chi connectivity index (χ2v) is 5.90. The topological polar surface area (TPSA) is 99.4 Å². The maximum Gasteiger partial charge on any atom is 0.184 e. The first-order valence-corrected chi connectivity index (χ1v) is 7.58. The fraction of sp³-hybridized carbons (Fsp3) is 0.750. The Balaban J connectivity index is 2.44. The minimum absolute atomic E-state index is 0.208. The van der Waals surface area contributed by atoms with E-state index in [0.29, 0.717) is 0 Å². The van der Waals surface area contributed by atoms with Gasteiger partial charge in [-0.05, 0) is 33.6 Å². The molecule has 0 unspecified atom stereocenters. The van der Waals surface area contributed by atoms with Crippen molar-refractivity contribution in [3.05, 3.63) is 23.3 Å². The van der Waals surface area contributed by atoms with Crippen molar-refractivity contribution in [1.82, 2.24) is 0 Å². The van der Waals surface area contributed by atoms with Crippen LogP contribution >= 0.6 is 0 Å². The summed E-state index contributed by atoms with van der Waals surface area (Å²) in [6.45, 7) is 5.83. The van der Waals surface area contributed by atoms with E-state index in [1.165, 1.54) is 5.57 Å². The summed E-state index contributed by atoms with van der Waals surface area (Å²) in [6, 6.07) is 0. The predicted molar refractivity (Wildman–Crippen MR) is 82.1 cm³/mol. The molecule has 1 saturated heterocycles. The summed E-state index contributed by atoms with van der Waals surface area (Å²) in [7, 11) is 0. The molecule has 1 aliphatic rings. The molecular formula is C16H28O6. The van der Waals surface area contributed by atoms with Crippen molar-refractivity contribution in [2.24, 2.45) is 0 Å². The first kappa shape index (κ1) is 19.3. The molecule has 5 atom stereocenters. The van der Waals surface area contributed by atoms with E-state index in [9.17, 15) is 15.3 Å². The van der Waals surface area contributed by atoms with Gasteiger partial charge in [-0.15, -0.1) is 0 Å². The number of ether oxygens (including phenoxy) is 2. The van der Waals surface area contributed by atoms with E-state index < -0.39 is 37.3 Å². The molecule has 0 radical (unpaired) electrons. The van der Waals surface area contributed by atoms with Crippen LogP contribution < -0.4 is 0 Å². The van der Waals surface area contributed by atoms with Gasteiger partial charge in [0.1, 0.15) is 24.4 Å². The van der Waals surface area contributed by atoms with E-state index in [-0.39, 0.29) is 6.61 Å². The highest BCUT2D eigenvalue weighted by Crippen LogP contribution is 2.22. The maximum atomic E-state index is 9.92. The van der Waals surface area contributed by atoms with Crippen LogP contribution in [0.2, 0.25) is 0 Å². The first-order chi connectivity index (χ1) is 10.4. The molecule has 0 bridgehead atoms. The van der Waals surface area contributed by atoms with Gasteiger partial charge in [0.15, 0.2) is 6.29 Å². The number of hydrogen-bond donors (Lipinski definition) is 4. The van der Waals surface area contributed by atoms with Crippen molar-refractivity contribution < 1.29 is 29.9 Å². The fourth-order valence-corrected chi connectivity index (χ4v) is 2.24. The van der Waals surface area contributed by atoms with E-state index in [2.05, 4.69) is 19.9 Å². The van der Waals surface area contributed by atoms with Crippen molar-refractivity contribution in [2.75, 3.05) is 13.2 Å². The lowest BCUT2D eigenvalue weighted by molar-refractivity contribution is -0.294. The van der Waals surface area contributed by atoms with Crippen molar-refractivity contribution in [3.8, 4) is 0 Å². The minimum atomic E-state index is -1.38.